The molecule has 4 rings (SSSR count). The van der Waals surface area contributed by atoms with Crippen LogP contribution in [-0.4, -0.2) is 67.8 Å². The lowest BCUT2D eigenvalue weighted by Gasteiger charge is -2.28. The van der Waals surface area contributed by atoms with Crippen LogP contribution in [0.4, 0.5) is 11.6 Å². The zero-order chi connectivity index (χ0) is 29.7. The topological polar surface area (TPSA) is 115 Å². The molecule has 4 N–H and O–H groups in total. The third-order valence-electron chi connectivity index (χ3n) is 6.87. The van der Waals surface area contributed by atoms with Crippen molar-refractivity contribution in [2.75, 3.05) is 46.7 Å². The zero-order valence-electron chi connectivity index (χ0n) is 24.5. The van der Waals surface area contributed by atoms with Gasteiger partial charge in [0.25, 0.3) is 5.91 Å². The third-order valence-corrected chi connectivity index (χ3v) is 7.20. The summed E-state index contributed by atoms with van der Waals surface area (Å²) in [4.78, 5) is 24.4. The van der Waals surface area contributed by atoms with E-state index in [9.17, 15) is 4.79 Å². The number of methoxy groups -OCH3 is 1. The monoisotopic (exact) mass is 575 g/mol. The average molecular weight is 576 g/mol. The van der Waals surface area contributed by atoms with Crippen LogP contribution in [0.15, 0.2) is 48.7 Å². The average Bonchev–Trinajstić information content (AvgIpc) is 2.93. The first kappa shape index (κ1) is 30.0. The van der Waals surface area contributed by atoms with Crippen LogP contribution >= 0.6 is 11.6 Å². The smallest absolute Gasteiger partial charge is 0.251 e. The third kappa shape index (κ3) is 7.04. The molecule has 41 heavy (non-hydrogen) atoms. The Bertz CT molecular complexity index is 1480. The number of ether oxygens (including phenoxy) is 1. The van der Waals surface area contributed by atoms with Gasteiger partial charge in [0, 0.05) is 53.8 Å². The number of nitrogens with one attached hydrogen (secondary N) is 4. The molecule has 0 unspecified atom stereocenters. The summed E-state index contributed by atoms with van der Waals surface area (Å²) < 4.78 is 5.61. The second kappa shape index (κ2) is 12.7. The summed E-state index contributed by atoms with van der Waals surface area (Å²) >= 11 is 6.53. The summed E-state index contributed by atoms with van der Waals surface area (Å²) in [5, 5.41) is 18.9. The molecule has 216 valence electrons. The first-order valence-electron chi connectivity index (χ1n) is 13.5. The lowest BCUT2D eigenvalue weighted by atomic mass is 9.87. The minimum Gasteiger partial charge on any atom is -0.495 e. The lowest BCUT2D eigenvalue weighted by Crippen LogP contribution is -2.39. The van der Waals surface area contributed by atoms with Gasteiger partial charge in [0.15, 0.2) is 0 Å². The van der Waals surface area contributed by atoms with Gasteiger partial charge in [-0.3, -0.25) is 4.79 Å². The van der Waals surface area contributed by atoms with E-state index < -0.39 is 0 Å². The van der Waals surface area contributed by atoms with Crippen molar-refractivity contribution in [2.45, 2.75) is 26.7 Å². The summed E-state index contributed by atoms with van der Waals surface area (Å²) in [5.74, 6) is 0.674. The van der Waals surface area contributed by atoms with Crippen molar-refractivity contribution in [2.24, 2.45) is 5.41 Å². The standard InChI is InChI=1S/C31H38ClN7O2/c1-31(2,18-39(4)5)17-36-29(40)19-12-14-24(25(15-19)41-6)37-30-35-16-20-11-13-23(33)26(27(20)38-30)28(34-3)21-9-7-8-10-22(21)32/h7-10,12,14-16,33-34H,11,13,17-18H2,1-6H3,(H,36,40)(H,35,37,38)/b28-26+,33-23?. The Labute approximate surface area is 246 Å². The summed E-state index contributed by atoms with van der Waals surface area (Å²) in [6, 6.07) is 12.8. The van der Waals surface area contributed by atoms with Crippen LogP contribution in [0.5, 0.6) is 5.75 Å². The predicted molar refractivity (Wildman–Crippen MR) is 166 cm³/mol. The number of halogens is 1. The Morgan fingerprint density at radius 1 is 1.17 bits per heavy atom. The van der Waals surface area contributed by atoms with Crippen LogP contribution in [0.1, 0.15) is 47.4 Å². The summed E-state index contributed by atoms with van der Waals surface area (Å²) in [6.07, 6.45) is 3.05. The number of hydrogen-bond acceptors (Lipinski definition) is 8. The molecule has 1 aromatic heterocycles. The first-order chi connectivity index (χ1) is 19.5. The molecule has 0 bridgehead atoms. The minimum absolute atomic E-state index is 0.0722. The van der Waals surface area contributed by atoms with Crippen molar-refractivity contribution < 1.29 is 9.53 Å². The van der Waals surface area contributed by atoms with Crippen LogP contribution in [0, 0.1) is 10.8 Å². The number of anilines is 2. The fourth-order valence-electron chi connectivity index (χ4n) is 5.11. The number of amides is 1. The normalized spacial score (nSPS) is 14.4. The number of fused-ring (bicyclic) bond motifs is 1. The van der Waals surface area contributed by atoms with E-state index in [0.29, 0.717) is 64.3 Å². The molecule has 0 fully saturated rings. The quantitative estimate of drug-likeness (QED) is 0.261. The molecule has 1 aliphatic carbocycles. The maximum atomic E-state index is 12.9. The van der Waals surface area contributed by atoms with Gasteiger partial charge in [0.1, 0.15) is 5.75 Å². The van der Waals surface area contributed by atoms with Gasteiger partial charge in [-0.05, 0) is 62.2 Å². The highest BCUT2D eigenvalue weighted by Crippen LogP contribution is 2.35. The first-order valence-corrected chi connectivity index (χ1v) is 13.9. The highest BCUT2D eigenvalue weighted by atomic mass is 35.5. The molecule has 0 spiro atoms. The number of aromatic nitrogens is 2. The molecule has 10 heteroatoms. The van der Waals surface area contributed by atoms with Gasteiger partial charge < -0.3 is 31.0 Å². The van der Waals surface area contributed by atoms with E-state index in [4.69, 9.17) is 26.7 Å². The number of nitrogens with zero attached hydrogens (tertiary/aromatic N) is 3. The van der Waals surface area contributed by atoms with Gasteiger partial charge >= 0.3 is 0 Å². The van der Waals surface area contributed by atoms with Crippen molar-refractivity contribution in [1.29, 1.82) is 5.41 Å². The van der Waals surface area contributed by atoms with E-state index in [1.54, 1.807) is 31.5 Å². The number of carbonyl (C=O) groups excluding carboxylic acids is 1. The van der Waals surface area contributed by atoms with Gasteiger partial charge in [-0.2, -0.15) is 0 Å². The van der Waals surface area contributed by atoms with Crippen LogP contribution in [0.3, 0.4) is 0 Å². The summed E-state index contributed by atoms with van der Waals surface area (Å²) in [7, 11) is 7.42. The Kier molecular flexibility index (Phi) is 9.30. The van der Waals surface area contributed by atoms with Gasteiger partial charge in [0.05, 0.1) is 24.2 Å². The molecule has 1 amide bonds. The Hall–Kier alpha value is -3.95. The van der Waals surface area contributed by atoms with Gasteiger partial charge in [-0.15, -0.1) is 0 Å². The molecule has 1 aliphatic rings. The lowest BCUT2D eigenvalue weighted by molar-refractivity contribution is 0.0929. The van der Waals surface area contributed by atoms with Crippen molar-refractivity contribution >= 4 is 46.1 Å². The van der Waals surface area contributed by atoms with Gasteiger partial charge in [-0.25, -0.2) is 9.97 Å². The molecule has 0 atom stereocenters. The molecular formula is C31H38ClN7O2. The fourth-order valence-corrected chi connectivity index (χ4v) is 5.34. The molecule has 1 heterocycles. The molecule has 9 nitrogen and oxygen atoms in total. The number of hydrogen-bond donors (Lipinski definition) is 4. The van der Waals surface area contributed by atoms with E-state index in [2.05, 4.69) is 39.7 Å². The van der Waals surface area contributed by atoms with Crippen LogP contribution < -0.4 is 20.7 Å². The molecule has 3 aromatic rings. The van der Waals surface area contributed by atoms with E-state index in [-0.39, 0.29) is 11.3 Å². The number of allylic oxidation sites excluding steroid dienone is 1. The largest absolute Gasteiger partial charge is 0.495 e. The SMILES string of the molecule is CN/C(=C1\C(=N)CCc2cnc(Nc3ccc(C(=O)NCC(C)(C)CN(C)C)cc3OC)nc21)c1ccccc1Cl. The number of aryl methyl sites for hydroxylation is 1. The molecular weight excluding hydrogens is 538 g/mol. The highest BCUT2D eigenvalue weighted by Gasteiger charge is 2.26. The van der Waals surface area contributed by atoms with E-state index in [1.807, 2.05) is 45.4 Å². The summed E-state index contributed by atoms with van der Waals surface area (Å²) in [6.45, 7) is 5.64. The summed E-state index contributed by atoms with van der Waals surface area (Å²) in [5.41, 5.74) is 5.40. The van der Waals surface area contributed by atoms with E-state index in [0.717, 1.165) is 23.4 Å². The maximum absolute atomic E-state index is 12.9. The molecule has 0 saturated carbocycles. The molecule has 0 aliphatic heterocycles. The van der Waals surface area contributed by atoms with E-state index in [1.165, 1.54) is 0 Å². The minimum atomic E-state index is -0.167. The van der Waals surface area contributed by atoms with Crippen molar-refractivity contribution in [1.82, 2.24) is 25.5 Å². The maximum Gasteiger partial charge on any atom is 0.251 e. The van der Waals surface area contributed by atoms with Gasteiger partial charge in [0.2, 0.25) is 5.95 Å². The van der Waals surface area contributed by atoms with Gasteiger partial charge in [-0.1, -0.05) is 43.6 Å². The van der Waals surface area contributed by atoms with Crippen molar-refractivity contribution in [3.8, 4) is 5.75 Å². The number of rotatable bonds is 10. The highest BCUT2D eigenvalue weighted by molar-refractivity contribution is 6.35. The van der Waals surface area contributed by atoms with Crippen LogP contribution in [-0.2, 0) is 6.42 Å². The van der Waals surface area contributed by atoms with Crippen LogP contribution in [0.2, 0.25) is 5.02 Å². The second-order valence-electron chi connectivity index (χ2n) is 11.2. The zero-order valence-corrected chi connectivity index (χ0v) is 25.2. The second-order valence-corrected chi connectivity index (χ2v) is 11.6. The van der Waals surface area contributed by atoms with Crippen molar-refractivity contribution in [3.05, 3.63) is 76.1 Å². The van der Waals surface area contributed by atoms with Crippen molar-refractivity contribution in [3.63, 3.8) is 0 Å². The van der Waals surface area contributed by atoms with Crippen LogP contribution in [0.25, 0.3) is 11.3 Å². The molecule has 0 saturated heterocycles. The number of carbonyl (C=O) groups is 1. The molecule has 0 radical (unpaired) electrons. The van der Waals surface area contributed by atoms with E-state index >= 15 is 0 Å². The Balaban J connectivity index is 1.62. The Morgan fingerprint density at radius 2 is 1.93 bits per heavy atom. The fraction of sp³-hybridized carbons (Fsp3) is 0.355. The predicted octanol–water partition coefficient (Wildman–Crippen LogP) is 5.25. The number of benzene rings is 2. The molecule has 2 aromatic carbocycles. The Morgan fingerprint density at radius 3 is 2.61 bits per heavy atom.